The minimum atomic E-state index is 0.213. The Bertz CT molecular complexity index is 254. The molecule has 3 heteroatoms. The highest BCUT2D eigenvalue weighted by Gasteiger charge is 2.38. The lowest BCUT2D eigenvalue weighted by molar-refractivity contribution is -0.116. The number of hydrogen-bond acceptors (Lipinski definition) is 3. The van der Waals surface area contributed by atoms with E-state index in [1.165, 1.54) is 44.9 Å². The molecule has 1 aliphatic carbocycles. The summed E-state index contributed by atoms with van der Waals surface area (Å²) in [5.41, 5.74) is 0.213. The van der Waals surface area contributed by atoms with Gasteiger partial charge in [-0.15, -0.1) is 0 Å². The van der Waals surface area contributed by atoms with Crippen molar-refractivity contribution in [1.82, 2.24) is 5.32 Å². The molecule has 3 nitrogen and oxygen atoms in total. The topological polar surface area (TPSA) is 30.5 Å². The van der Waals surface area contributed by atoms with Gasteiger partial charge in [0.2, 0.25) is 0 Å². The van der Waals surface area contributed by atoms with Crippen molar-refractivity contribution in [3.63, 3.8) is 0 Å². The molecular formula is C15H27NO2. The predicted molar refractivity (Wildman–Crippen MR) is 71.7 cm³/mol. The summed E-state index contributed by atoms with van der Waals surface area (Å²) in [7, 11) is 0. The second kappa shape index (κ2) is 5.89. The molecule has 1 spiro atoms. The molecule has 2 aliphatic heterocycles. The lowest BCUT2D eigenvalue weighted by Crippen LogP contribution is -2.48. The van der Waals surface area contributed by atoms with Gasteiger partial charge in [-0.25, -0.2) is 0 Å². The van der Waals surface area contributed by atoms with Gasteiger partial charge in [-0.1, -0.05) is 0 Å². The third-order valence-corrected chi connectivity index (χ3v) is 4.83. The Balaban J connectivity index is 1.38. The van der Waals surface area contributed by atoms with Gasteiger partial charge in [0.25, 0.3) is 0 Å². The van der Waals surface area contributed by atoms with E-state index in [2.05, 4.69) is 5.32 Å². The normalized spacial score (nSPS) is 31.7. The first kappa shape index (κ1) is 12.9. The minimum absolute atomic E-state index is 0.213. The fraction of sp³-hybridized carbons (Fsp3) is 1.00. The molecule has 0 aromatic rings. The highest BCUT2D eigenvalue weighted by molar-refractivity contribution is 4.91. The summed E-state index contributed by atoms with van der Waals surface area (Å²) < 4.78 is 11.9. The van der Waals surface area contributed by atoms with Crippen LogP contribution in [0.15, 0.2) is 0 Å². The van der Waals surface area contributed by atoms with Gasteiger partial charge >= 0.3 is 0 Å². The van der Waals surface area contributed by atoms with Gasteiger partial charge in [0, 0.05) is 19.8 Å². The molecule has 0 unspecified atom stereocenters. The first-order chi connectivity index (χ1) is 8.86. The maximum atomic E-state index is 6.11. The van der Waals surface area contributed by atoms with Gasteiger partial charge < -0.3 is 14.8 Å². The molecule has 18 heavy (non-hydrogen) atoms. The summed E-state index contributed by atoms with van der Waals surface area (Å²) in [5, 5.41) is 3.44. The minimum Gasteiger partial charge on any atom is -0.381 e. The maximum absolute atomic E-state index is 6.11. The van der Waals surface area contributed by atoms with E-state index in [9.17, 15) is 0 Å². The molecule has 2 saturated heterocycles. The molecular weight excluding hydrogens is 226 g/mol. The van der Waals surface area contributed by atoms with Gasteiger partial charge in [-0.3, -0.25) is 0 Å². The summed E-state index contributed by atoms with van der Waals surface area (Å²) >= 11 is 0. The van der Waals surface area contributed by atoms with Crippen LogP contribution in [0.5, 0.6) is 0 Å². The van der Waals surface area contributed by atoms with Crippen molar-refractivity contribution >= 4 is 0 Å². The highest BCUT2D eigenvalue weighted by atomic mass is 16.5. The Morgan fingerprint density at radius 1 is 1.11 bits per heavy atom. The van der Waals surface area contributed by atoms with E-state index in [1.807, 2.05) is 0 Å². The van der Waals surface area contributed by atoms with Crippen LogP contribution in [0.2, 0.25) is 0 Å². The zero-order valence-electron chi connectivity index (χ0n) is 11.5. The fourth-order valence-corrected chi connectivity index (χ4v) is 3.39. The number of nitrogens with one attached hydrogen (secondary N) is 1. The molecule has 0 bridgehead atoms. The van der Waals surface area contributed by atoms with E-state index in [0.717, 1.165) is 44.7 Å². The summed E-state index contributed by atoms with van der Waals surface area (Å²) in [6, 6.07) is 0. The van der Waals surface area contributed by atoms with Crippen molar-refractivity contribution in [3.05, 3.63) is 0 Å². The van der Waals surface area contributed by atoms with E-state index in [4.69, 9.17) is 9.47 Å². The number of rotatable bonds is 5. The average molecular weight is 253 g/mol. The van der Waals surface area contributed by atoms with Gasteiger partial charge in [-0.05, 0) is 69.9 Å². The van der Waals surface area contributed by atoms with Crippen LogP contribution < -0.4 is 5.32 Å². The molecule has 3 aliphatic rings. The molecule has 1 atom stereocenters. The van der Waals surface area contributed by atoms with Crippen molar-refractivity contribution < 1.29 is 9.47 Å². The monoisotopic (exact) mass is 253 g/mol. The standard InChI is InChI=1S/C15H27NO2/c1-2-14(1)12-17-9-3-13-4-10-18-15(11-13)5-7-16-8-6-15/h13-14,16H,1-12H2/t13-/m1/s1. The second-order valence-corrected chi connectivity index (χ2v) is 6.45. The molecule has 1 N–H and O–H groups in total. The van der Waals surface area contributed by atoms with Crippen molar-refractivity contribution in [1.29, 1.82) is 0 Å². The van der Waals surface area contributed by atoms with Crippen molar-refractivity contribution in [2.24, 2.45) is 11.8 Å². The number of piperidine rings is 1. The molecule has 0 aromatic carbocycles. The molecule has 0 aromatic heterocycles. The molecule has 0 radical (unpaired) electrons. The highest BCUT2D eigenvalue weighted by Crippen LogP contribution is 2.37. The Kier molecular flexibility index (Phi) is 4.22. The summed E-state index contributed by atoms with van der Waals surface area (Å²) in [6.07, 6.45) is 8.94. The van der Waals surface area contributed by atoms with Crippen LogP contribution in [0.3, 0.4) is 0 Å². The Morgan fingerprint density at radius 2 is 1.94 bits per heavy atom. The largest absolute Gasteiger partial charge is 0.381 e. The van der Waals surface area contributed by atoms with Crippen molar-refractivity contribution in [2.75, 3.05) is 32.9 Å². The fourth-order valence-electron chi connectivity index (χ4n) is 3.39. The lowest BCUT2D eigenvalue weighted by Gasteiger charge is -2.43. The first-order valence-electron chi connectivity index (χ1n) is 7.79. The van der Waals surface area contributed by atoms with Crippen LogP contribution in [0.25, 0.3) is 0 Å². The van der Waals surface area contributed by atoms with Gasteiger partial charge in [0.05, 0.1) is 5.60 Å². The quantitative estimate of drug-likeness (QED) is 0.763. The van der Waals surface area contributed by atoms with Crippen molar-refractivity contribution in [3.8, 4) is 0 Å². The van der Waals surface area contributed by atoms with Crippen LogP contribution in [0, 0.1) is 11.8 Å². The Morgan fingerprint density at radius 3 is 2.72 bits per heavy atom. The third-order valence-electron chi connectivity index (χ3n) is 4.83. The van der Waals surface area contributed by atoms with Crippen LogP contribution in [0.1, 0.15) is 44.9 Å². The van der Waals surface area contributed by atoms with Gasteiger partial charge in [0.1, 0.15) is 0 Å². The maximum Gasteiger partial charge on any atom is 0.0709 e. The molecule has 1 saturated carbocycles. The summed E-state index contributed by atoms with van der Waals surface area (Å²) in [6.45, 7) is 5.21. The lowest BCUT2D eigenvalue weighted by atomic mass is 9.79. The SMILES string of the molecule is C1CC2(CCN1)C[C@H](CCOCC1CC1)CCO2. The molecule has 2 heterocycles. The van der Waals surface area contributed by atoms with Gasteiger partial charge in [-0.2, -0.15) is 0 Å². The molecule has 3 fully saturated rings. The van der Waals surface area contributed by atoms with E-state index < -0.39 is 0 Å². The summed E-state index contributed by atoms with van der Waals surface area (Å²) in [5.74, 6) is 1.73. The Labute approximate surface area is 111 Å². The summed E-state index contributed by atoms with van der Waals surface area (Å²) in [4.78, 5) is 0. The predicted octanol–water partition coefficient (Wildman–Crippen LogP) is 2.35. The van der Waals surface area contributed by atoms with Crippen LogP contribution in [-0.4, -0.2) is 38.5 Å². The second-order valence-electron chi connectivity index (χ2n) is 6.45. The van der Waals surface area contributed by atoms with E-state index in [1.54, 1.807) is 0 Å². The van der Waals surface area contributed by atoms with E-state index >= 15 is 0 Å². The van der Waals surface area contributed by atoms with Gasteiger partial charge in [0.15, 0.2) is 0 Å². The first-order valence-corrected chi connectivity index (χ1v) is 7.79. The zero-order chi connectivity index (χ0) is 12.3. The third kappa shape index (κ3) is 3.46. The smallest absolute Gasteiger partial charge is 0.0709 e. The number of ether oxygens (including phenoxy) is 2. The molecule has 3 rings (SSSR count). The average Bonchev–Trinajstić information content (AvgIpc) is 3.20. The molecule has 104 valence electrons. The van der Waals surface area contributed by atoms with Crippen LogP contribution in [-0.2, 0) is 9.47 Å². The number of hydrogen-bond donors (Lipinski definition) is 1. The molecule has 0 amide bonds. The van der Waals surface area contributed by atoms with Crippen molar-refractivity contribution in [2.45, 2.75) is 50.5 Å². The zero-order valence-corrected chi connectivity index (χ0v) is 11.5. The van der Waals surface area contributed by atoms with Crippen LogP contribution >= 0.6 is 0 Å². The Hall–Kier alpha value is -0.120. The van der Waals surface area contributed by atoms with Crippen LogP contribution in [0.4, 0.5) is 0 Å². The van der Waals surface area contributed by atoms with E-state index in [-0.39, 0.29) is 5.60 Å². The van der Waals surface area contributed by atoms with E-state index in [0.29, 0.717) is 0 Å².